The van der Waals surface area contributed by atoms with Gasteiger partial charge in [-0.05, 0) is 61.7 Å². The molecule has 0 aliphatic rings. The van der Waals surface area contributed by atoms with Gasteiger partial charge in [-0.3, -0.25) is 4.79 Å². The van der Waals surface area contributed by atoms with Crippen LogP contribution in [0.1, 0.15) is 43.1 Å². The number of benzene rings is 2. The molecule has 0 N–H and O–H groups in total. The monoisotopic (exact) mass is 421 g/mol. The van der Waals surface area contributed by atoms with Crippen molar-refractivity contribution < 1.29 is 13.9 Å². The predicted octanol–water partition coefficient (Wildman–Crippen LogP) is 5.34. The van der Waals surface area contributed by atoms with Gasteiger partial charge in [0.15, 0.2) is 0 Å². The third kappa shape index (κ3) is 5.40. The first kappa shape index (κ1) is 22.3. The van der Waals surface area contributed by atoms with Crippen molar-refractivity contribution in [1.29, 1.82) is 0 Å². The predicted molar refractivity (Wildman–Crippen MR) is 121 cm³/mol. The maximum absolute atomic E-state index is 13.3. The Bertz CT molecular complexity index is 1060. The highest BCUT2D eigenvalue weighted by atomic mass is 19.1. The highest BCUT2D eigenvalue weighted by molar-refractivity contribution is 5.92. The van der Waals surface area contributed by atoms with E-state index in [1.54, 1.807) is 42.6 Å². The molecular weight excluding hydrogens is 393 g/mol. The summed E-state index contributed by atoms with van der Waals surface area (Å²) in [6.45, 7) is 6.53. The first-order chi connectivity index (χ1) is 14.9. The molecule has 0 radical (unpaired) electrons. The lowest BCUT2D eigenvalue weighted by atomic mass is 10.1. The highest BCUT2D eigenvalue weighted by Crippen LogP contribution is 2.26. The Labute approximate surface area is 182 Å². The highest BCUT2D eigenvalue weighted by Gasteiger charge is 2.19. The second-order valence-electron chi connectivity index (χ2n) is 7.45. The fourth-order valence-electron chi connectivity index (χ4n) is 3.48. The van der Waals surface area contributed by atoms with E-state index in [1.165, 1.54) is 12.1 Å². The fraction of sp³-hybridized carbons (Fsp3) is 0.280. The van der Waals surface area contributed by atoms with E-state index in [-0.39, 0.29) is 17.8 Å². The van der Waals surface area contributed by atoms with Crippen molar-refractivity contribution in [3.8, 4) is 11.4 Å². The Kier molecular flexibility index (Phi) is 7.23. The van der Waals surface area contributed by atoms with Crippen LogP contribution in [0, 0.1) is 12.7 Å². The molecule has 2 aromatic carbocycles. The molecule has 0 fully saturated rings. The van der Waals surface area contributed by atoms with Crippen molar-refractivity contribution in [2.75, 3.05) is 13.7 Å². The Hall–Kier alpha value is -3.41. The molecule has 0 aliphatic heterocycles. The minimum Gasteiger partial charge on any atom is -0.495 e. The normalized spacial score (nSPS) is 12.2. The molecule has 1 heterocycles. The van der Waals surface area contributed by atoms with Gasteiger partial charge < -0.3 is 14.2 Å². The zero-order valence-corrected chi connectivity index (χ0v) is 18.4. The van der Waals surface area contributed by atoms with Crippen molar-refractivity contribution in [2.45, 2.75) is 33.2 Å². The van der Waals surface area contributed by atoms with E-state index >= 15 is 0 Å². The number of nitrogens with zero attached hydrogens (tertiary/aromatic N) is 3. The Morgan fingerprint density at radius 2 is 2.00 bits per heavy atom. The summed E-state index contributed by atoms with van der Waals surface area (Å²) in [4.78, 5) is 19.0. The lowest BCUT2D eigenvalue weighted by Gasteiger charge is -2.28. The van der Waals surface area contributed by atoms with Crippen LogP contribution in [0.15, 0.2) is 61.1 Å². The number of methoxy groups -OCH3 is 1. The number of imidazole rings is 1. The third-order valence-corrected chi connectivity index (χ3v) is 5.18. The molecule has 0 spiro atoms. The number of aryl methyl sites for hydroxylation is 1. The number of amides is 1. The molecule has 0 unspecified atom stereocenters. The topological polar surface area (TPSA) is 47.4 Å². The lowest BCUT2D eigenvalue weighted by molar-refractivity contribution is -0.128. The van der Waals surface area contributed by atoms with Crippen LogP contribution in [0.5, 0.6) is 5.75 Å². The van der Waals surface area contributed by atoms with Gasteiger partial charge in [0, 0.05) is 18.8 Å². The molecule has 1 amide bonds. The van der Waals surface area contributed by atoms with Crippen LogP contribution in [0.4, 0.5) is 4.39 Å². The maximum atomic E-state index is 13.3. The van der Waals surface area contributed by atoms with Gasteiger partial charge in [0.1, 0.15) is 11.6 Å². The van der Waals surface area contributed by atoms with Crippen LogP contribution in [0.2, 0.25) is 0 Å². The number of hydrogen-bond acceptors (Lipinski definition) is 3. The zero-order valence-electron chi connectivity index (χ0n) is 18.4. The van der Waals surface area contributed by atoms with E-state index in [1.807, 2.05) is 49.7 Å². The zero-order chi connectivity index (χ0) is 22.4. The van der Waals surface area contributed by atoms with Gasteiger partial charge >= 0.3 is 0 Å². The summed E-state index contributed by atoms with van der Waals surface area (Å²) in [6, 6.07) is 11.9. The van der Waals surface area contributed by atoms with Crippen molar-refractivity contribution in [3.05, 3.63) is 83.7 Å². The molecule has 0 saturated heterocycles. The average Bonchev–Trinajstić information content (AvgIpc) is 3.21. The molecule has 0 bridgehead atoms. The standard InChI is InChI=1S/C25H28FN3O2/c1-5-14-29(19(3)21-8-10-22(26)11-9-21)25(30)13-7-20-6-12-23(24(15-20)31-4)28-16-18(2)27-17-28/h6-13,15-17,19H,5,14H2,1-4H3/b13-7+/t19-/m0/s1. The van der Waals surface area contributed by atoms with Gasteiger partial charge in [-0.2, -0.15) is 0 Å². The number of rotatable bonds is 8. The summed E-state index contributed by atoms with van der Waals surface area (Å²) in [5.41, 5.74) is 3.56. The molecule has 5 nitrogen and oxygen atoms in total. The molecule has 0 saturated carbocycles. The van der Waals surface area contributed by atoms with E-state index in [2.05, 4.69) is 4.98 Å². The van der Waals surface area contributed by atoms with E-state index in [4.69, 9.17) is 4.74 Å². The molecule has 1 aromatic heterocycles. The summed E-state index contributed by atoms with van der Waals surface area (Å²) in [7, 11) is 1.62. The van der Waals surface area contributed by atoms with E-state index < -0.39 is 0 Å². The summed E-state index contributed by atoms with van der Waals surface area (Å²) in [5, 5.41) is 0. The number of aromatic nitrogens is 2. The number of carbonyl (C=O) groups is 1. The largest absolute Gasteiger partial charge is 0.495 e. The summed E-state index contributed by atoms with van der Waals surface area (Å²) in [6.07, 6.45) is 7.86. The minimum atomic E-state index is -0.285. The van der Waals surface area contributed by atoms with Gasteiger partial charge in [-0.25, -0.2) is 9.37 Å². The SMILES string of the molecule is CCCN(C(=O)/C=C/c1ccc(-n2cnc(C)c2)c(OC)c1)[C@@H](C)c1ccc(F)cc1. The fourth-order valence-corrected chi connectivity index (χ4v) is 3.48. The van der Waals surface area contributed by atoms with Crippen molar-refractivity contribution in [3.63, 3.8) is 0 Å². The Morgan fingerprint density at radius 1 is 1.26 bits per heavy atom. The number of hydrogen-bond donors (Lipinski definition) is 0. The summed E-state index contributed by atoms with van der Waals surface area (Å²) < 4.78 is 20.7. The molecule has 0 aliphatic carbocycles. The van der Waals surface area contributed by atoms with Gasteiger partial charge in [-0.1, -0.05) is 25.1 Å². The van der Waals surface area contributed by atoms with Crippen LogP contribution in [0.25, 0.3) is 11.8 Å². The van der Waals surface area contributed by atoms with Gasteiger partial charge in [-0.15, -0.1) is 0 Å². The van der Waals surface area contributed by atoms with Crippen molar-refractivity contribution >= 4 is 12.0 Å². The molecular formula is C25H28FN3O2. The van der Waals surface area contributed by atoms with Crippen molar-refractivity contribution in [1.82, 2.24) is 14.5 Å². The molecule has 6 heteroatoms. The van der Waals surface area contributed by atoms with Crippen LogP contribution < -0.4 is 4.74 Å². The second-order valence-corrected chi connectivity index (χ2v) is 7.45. The average molecular weight is 422 g/mol. The van der Waals surface area contributed by atoms with Gasteiger partial charge in [0.25, 0.3) is 0 Å². The third-order valence-electron chi connectivity index (χ3n) is 5.18. The summed E-state index contributed by atoms with van der Waals surface area (Å²) in [5.74, 6) is 0.316. The van der Waals surface area contributed by atoms with Gasteiger partial charge in [0.2, 0.25) is 5.91 Å². The lowest BCUT2D eigenvalue weighted by Crippen LogP contribution is -2.33. The van der Waals surface area contributed by atoms with Crippen molar-refractivity contribution in [2.24, 2.45) is 0 Å². The molecule has 3 aromatic rings. The Morgan fingerprint density at radius 3 is 2.61 bits per heavy atom. The maximum Gasteiger partial charge on any atom is 0.247 e. The van der Waals surface area contributed by atoms with Gasteiger partial charge in [0.05, 0.1) is 30.9 Å². The quantitative estimate of drug-likeness (QED) is 0.461. The van der Waals surface area contributed by atoms with Crippen LogP contribution in [-0.2, 0) is 4.79 Å². The van der Waals surface area contributed by atoms with Crippen LogP contribution in [0.3, 0.4) is 0 Å². The van der Waals surface area contributed by atoms with E-state index in [0.29, 0.717) is 12.3 Å². The molecule has 31 heavy (non-hydrogen) atoms. The molecule has 1 atom stereocenters. The van der Waals surface area contributed by atoms with E-state index in [9.17, 15) is 9.18 Å². The smallest absolute Gasteiger partial charge is 0.247 e. The number of ether oxygens (including phenoxy) is 1. The van der Waals surface area contributed by atoms with E-state index in [0.717, 1.165) is 28.9 Å². The number of carbonyl (C=O) groups excluding carboxylic acids is 1. The van der Waals surface area contributed by atoms with Crippen LogP contribution >= 0.6 is 0 Å². The Balaban J connectivity index is 1.79. The summed E-state index contributed by atoms with van der Waals surface area (Å²) >= 11 is 0. The molecule has 162 valence electrons. The van der Waals surface area contributed by atoms with Crippen LogP contribution in [-0.4, -0.2) is 34.0 Å². The second kappa shape index (κ2) is 10.1. The molecule has 3 rings (SSSR count). The first-order valence-corrected chi connectivity index (χ1v) is 10.4. The minimum absolute atomic E-state index is 0.0908. The first-order valence-electron chi connectivity index (χ1n) is 10.4. The number of halogens is 1.